The van der Waals surface area contributed by atoms with Gasteiger partial charge in [0.1, 0.15) is 17.5 Å². The number of guanidine groups is 1. The Bertz CT molecular complexity index is 810. The molecule has 0 fully saturated rings. The van der Waals surface area contributed by atoms with E-state index < -0.39 is 0 Å². The summed E-state index contributed by atoms with van der Waals surface area (Å²) in [6, 6.07) is 5.09. The number of benzene rings is 1. The van der Waals surface area contributed by atoms with Gasteiger partial charge in [-0.15, -0.1) is 24.0 Å². The smallest absolute Gasteiger partial charge is 0.192 e. The Morgan fingerprint density at radius 3 is 3.00 bits per heavy atom. The lowest BCUT2D eigenvalue weighted by atomic mass is 10.1. The fourth-order valence-electron chi connectivity index (χ4n) is 3.25. The molecule has 0 spiro atoms. The molecule has 2 N–H and O–H groups in total. The molecule has 0 amide bonds. The summed E-state index contributed by atoms with van der Waals surface area (Å²) in [6.07, 6.45) is 2.03. The number of rotatable bonds is 6. The largest absolute Gasteiger partial charge is 0.380 e. The number of aryl methyl sites for hydroxylation is 2. The number of nitrogens with one attached hydrogen (secondary N) is 2. The maximum atomic E-state index is 13.8. The summed E-state index contributed by atoms with van der Waals surface area (Å²) in [4.78, 5) is 9.22. The number of halogens is 2. The van der Waals surface area contributed by atoms with E-state index in [0.29, 0.717) is 18.1 Å². The zero-order valence-electron chi connectivity index (χ0n) is 16.5. The normalized spacial score (nSPS) is 16.3. The predicted octanol–water partition coefficient (Wildman–Crippen LogP) is 3.08. The van der Waals surface area contributed by atoms with Gasteiger partial charge in [0.2, 0.25) is 0 Å². The van der Waals surface area contributed by atoms with Gasteiger partial charge in [-0.25, -0.2) is 19.0 Å². The number of nitrogens with zero attached hydrogens (tertiary/aromatic N) is 4. The van der Waals surface area contributed by atoms with Crippen molar-refractivity contribution in [2.75, 3.05) is 13.7 Å². The third kappa shape index (κ3) is 5.63. The molecule has 1 aliphatic heterocycles. The van der Waals surface area contributed by atoms with Gasteiger partial charge in [0.15, 0.2) is 5.96 Å². The molecule has 0 aliphatic carbocycles. The molecule has 2 aromatic rings. The lowest BCUT2D eigenvalue weighted by Gasteiger charge is -2.25. The molecule has 1 aromatic carbocycles. The number of hydrogen-bond donors (Lipinski definition) is 2. The van der Waals surface area contributed by atoms with Crippen LogP contribution in [0.4, 0.5) is 4.39 Å². The van der Waals surface area contributed by atoms with Crippen molar-refractivity contribution in [2.24, 2.45) is 4.99 Å². The Morgan fingerprint density at radius 2 is 2.25 bits per heavy atom. The molecular formula is C19H28FIN6O. The minimum absolute atomic E-state index is 0. The second-order valence-electron chi connectivity index (χ2n) is 6.63. The first kappa shape index (κ1) is 22.5. The summed E-state index contributed by atoms with van der Waals surface area (Å²) in [6.45, 7) is 6.29. The van der Waals surface area contributed by atoms with Crippen LogP contribution in [0.5, 0.6) is 0 Å². The number of methoxy groups -OCH3 is 1. The van der Waals surface area contributed by atoms with E-state index in [2.05, 4.69) is 25.7 Å². The number of fused-ring (bicyclic) bond motifs is 1. The van der Waals surface area contributed by atoms with Crippen LogP contribution >= 0.6 is 24.0 Å². The molecule has 1 aromatic heterocycles. The molecule has 0 saturated carbocycles. The lowest BCUT2D eigenvalue weighted by Crippen LogP contribution is -2.41. The number of hydrogen-bond acceptors (Lipinski definition) is 4. The number of aliphatic imine (C=N–C) groups is 1. The van der Waals surface area contributed by atoms with Gasteiger partial charge in [-0.3, -0.25) is 0 Å². The summed E-state index contributed by atoms with van der Waals surface area (Å²) < 4.78 is 20.8. The molecular weight excluding hydrogens is 474 g/mol. The van der Waals surface area contributed by atoms with Gasteiger partial charge in [0.25, 0.3) is 0 Å². The Morgan fingerprint density at radius 1 is 1.43 bits per heavy atom. The van der Waals surface area contributed by atoms with Gasteiger partial charge in [-0.2, -0.15) is 5.10 Å². The van der Waals surface area contributed by atoms with Crippen molar-refractivity contribution in [3.8, 4) is 0 Å². The first-order valence-corrected chi connectivity index (χ1v) is 9.33. The zero-order chi connectivity index (χ0) is 19.2. The Kier molecular flexibility index (Phi) is 8.61. The summed E-state index contributed by atoms with van der Waals surface area (Å²) in [5.74, 6) is 2.20. The Hall–Kier alpha value is -1.75. The molecule has 28 heavy (non-hydrogen) atoms. The molecule has 0 radical (unpaired) electrons. The molecule has 3 rings (SSSR count). The molecule has 1 atom stereocenters. The minimum Gasteiger partial charge on any atom is -0.380 e. The van der Waals surface area contributed by atoms with Gasteiger partial charge in [-0.05, 0) is 44.4 Å². The van der Waals surface area contributed by atoms with Gasteiger partial charge >= 0.3 is 0 Å². The molecule has 0 bridgehead atoms. The molecule has 9 heteroatoms. The molecule has 1 aliphatic rings. The van der Waals surface area contributed by atoms with Gasteiger partial charge in [-0.1, -0.05) is 6.07 Å². The summed E-state index contributed by atoms with van der Waals surface area (Å²) in [7, 11) is 1.56. The van der Waals surface area contributed by atoms with Crippen molar-refractivity contribution in [2.45, 2.75) is 52.4 Å². The molecule has 154 valence electrons. The standard InChI is InChI=1S/C19H27FN6O.HI/c1-4-21-19(22-11-14-7-8-16(20)15(10-14)12-27-3)24-17-6-5-9-26-18(17)23-13(2)25-26;/h7-8,10,17H,4-6,9,11-12H2,1-3H3,(H2,21,22,24);1H. The van der Waals surface area contributed by atoms with E-state index in [1.165, 1.54) is 6.07 Å². The van der Waals surface area contributed by atoms with E-state index in [1.54, 1.807) is 19.2 Å². The summed E-state index contributed by atoms with van der Waals surface area (Å²) in [5, 5.41) is 11.2. The van der Waals surface area contributed by atoms with Gasteiger partial charge in [0, 0.05) is 25.8 Å². The van der Waals surface area contributed by atoms with Gasteiger partial charge in [0.05, 0.1) is 19.2 Å². The van der Waals surface area contributed by atoms with E-state index in [9.17, 15) is 4.39 Å². The van der Waals surface area contributed by atoms with Crippen molar-refractivity contribution >= 4 is 29.9 Å². The first-order valence-electron chi connectivity index (χ1n) is 9.33. The average molecular weight is 502 g/mol. The highest BCUT2D eigenvalue weighted by Crippen LogP contribution is 2.22. The quantitative estimate of drug-likeness (QED) is 0.361. The molecule has 0 saturated heterocycles. The van der Waals surface area contributed by atoms with Crippen LogP contribution in [0.25, 0.3) is 0 Å². The highest BCUT2D eigenvalue weighted by atomic mass is 127. The predicted molar refractivity (Wildman–Crippen MR) is 117 cm³/mol. The Labute approximate surface area is 182 Å². The molecule has 7 nitrogen and oxygen atoms in total. The second kappa shape index (κ2) is 10.7. The number of aromatic nitrogens is 3. The monoisotopic (exact) mass is 502 g/mol. The fourth-order valence-corrected chi connectivity index (χ4v) is 3.25. The van der Waals surface area contributed by atoms with E-state index in [4.69, 9.17) is 4.74 Å². The maximum Gasteiger partial charge on any atom is 0.192 e. The van der Waals surface area contributed by atoms with Crippen molar-refractivity contribution in [1.82, 2.24) is 25.4 Å². The maximum absolute atomic E-state index is 13.8. The third-order valence-corrected chi connectivity index (χ3v) is 4.47. The third-order valence-electron chi connectivity index (χ3n) is 4.47. The second-order valence-corrected chi connectivity index (χ2v) is 6.63. The van der Waals surface area contributed by atoms with Gasteiger partial charge < -0.3 is 15.4 Å². The molecule has 2 heterocycles. The van der Waals surface area contributed by atoms with Crippen LogP contribution in [0.1, 0.15) is 48.6 Å². The topological polar surface area (TPSA) is 76.4 Å². The Balaban J connectivity index is 0.00000280. The number of ether oxygens (including phenoxy) is 1. The van der Waals surface area contributed by atoms with Crippen LogP contribution in [0, 0.1) is 12.7 Å². The zero-order valence-corrected chi connectivity index (χ0v) is 18.9. The highest BCUT2D eigenvalue weighted by molar-refractivity contribution is 14.0. The average Bonchev–Trinajstić information content (AvgIpc) is 3.04. The lowest BCUT2D eigenvalue weighted by molar-refractivity contribution is 0.181. The van der Waals surface area contributed by atoms with Crippen LogP contribution in [-0.4, -0.2) is 34.4 Å². The summed E-state index contributed by atoms with van der Waals surface area (Å²) in [5.41, 5.74) is 1.47. The van der Waals surface area contributed by atoms with Crippen molar-refractivity contribution in [3.05, 3.63) is 46.8 Å². The molecule has 1 unspecified atom stereocenters. The van der Waals surface area contributed by atoms with Crippen LogP contribution in [0.2, 0.25) is 0 Å². The van der Waals surface area contributed by atoms with Crippen LogP contribution in [0.15, 0.2) is 23.2 Å². The van der Waals surface area contributed by atoms with Crippen LogP contribution in [-0.2, 0) is 24.4 Å². The van der Waals surface area contributed by atoms with Crippen LogP contribution < -0.4 is 10.6 Å². The highest BCUT2D eigenvalue weighted by Gasteiger charge is 2.24. The van der Waals surface area contributed by atoms with Crippen molar-refractivity contribution in [3.63, 3.8) is 0 Å². The summed E-state index contributed by atoms with van der Waals surface area (Å²) >= 11 is 0. The van der Waals surface area contributed by atoms with Crippen LogP contribution in [0.3, 0.4) is 0 Å². The van der Waals surface area contributed by atoms with Crippen molar-refractivity contribution in [1.29, 1.82) is 0 Å². The van der Waals surface area contributed by atoms with Crippen molar-refractivity contribution < 1.29 is 9.13 Å². The SMILES string of the molecule is CCNC(=NCc1ccc(F)c(COC)c1)NC1CCCn2nc(C)nc21.I. The van der Waals surface area contributed by atoms with E-state index >= 15 is 0 Å². The van der Waals surface area contributed by atoms with E-state index in [1.807, 2.05) is 18.5 Å². The minimum atomic E-state index is -0.258. The van der Waals surface area contributed by atoms with E-state index in [0.717, 1.165) is 43.1 Å². The first-order chi connectivity index (χ1) is 13.1. The fraction of sp³-hybridized carbons (Fsp3) is 0.526. The van der Waals surface area contributed by atoms with E-state index in [-0.39, 0.29) is 42.4 Å².